The molecule has 9 nitrogen and oxygen atoms in total. The van der Waals surface area contributed by atoms with Crippen LogP contribution in [0.15, 0.2) is 30.3 Å². The molecule has 9 heteroatoms. The van der Waals surface area contributed by atoms with Gasteiger partial charge in [0.1, 0.15) is 12.6 Å². The molecule has 0 bridgehead atoms. The Kier molecular flexibility index (Phi) is 7.42. The molecule has 29 heavy (non-hydrogen) atoms. The predicted molar refractivity (Wildman–Crippen MR) is 103 cm³/mol. The second-order valence-corrected chi connectivity index (χ2v) is 7.18. The molecule has 0 saturated carbocycles. The van der Waals surface area contributed by atoms with Crippen molar-refractivity contribution in [2.45, 2.75) is 31.6 Å². The number of aliphatic hydroxyl groups is 1. The van der Waals surface area contributed by atoms with E-state index in [1.807, 2.05) is 30.3 Å². The minimum absolute atomic E-state index is 0.0558. The highest BCUT2D eigenvalue weighted by Gasteiger charge is 2.32. The summed E-state index contributed by atoms with van der Waals surface area (Å²) in [4.78, 5) is 40.8. The fourth-order valence-corrected chi connectivity index (χ4v) is 3.31. The number of carbonyl (C=O) groups excluding carboxylic acids is 3. The Hall–Kier alpha value is -2.65. The lowest BCUT2D eigenvalue weighted by Crippen LogP contribution is -2.51. The average molecular weight is 405 g/mol. The smallest absolute Gasteiger partial charge is 0.329 e. The van der Waals surface area contributed by atoms with E-state index in [4.69, 9.17) is 9.47 Å². The summed E-state index contributed by atoms with van der Waals surface area (Å²) >= 11 is 0. The number of morpholine rings is 1. The second-order valence-electron chi connectivity index (χ2n) is 7.18. The van der Waals surface area contributed by atoms with Crippen molar-refractivity contribution in [3.05, 3.63) is 35.9 Å². The first-order valence-corrected chi connectivity index (χ1v) is 9.82. The monoisotopic (exact) mass is 405 g/mol. The van der Waals surface area contributed by atoms with Crippen LogP contribution < -0.4 is 5.32 Å². The van der Waals surface area contributed by atoms with Crippen LogP contribution in [0.4, 0.5) is 4.79 Å². The van der Waals surface area contributed by atoms with E-state index >= 15 is 0 Å². The zero-order valence-electron chi connectivity index (χ0n) is 16.3. The van der Waals surface area contributed by atoms with Gasteiger partial charge >= 0.3 is 12.0 Å². The van der Waals surface area contributed by atoms with Crippen LogP contribution in [0.1, 0.15) is 18.4 Å². The molecule has 3 amide bonds. The summed E-state index contributed by atoms with van der Waals surface area (Å²) in [7, 11) is 0. The number of likely N-dealkylation sites (tertiary alicyclic amines) is 1. The number of carbonyl (C=O) groups is 3. The molecule has 0 unspecified atom stereocenters. The minimum Gasteiger partial charge on any atom is -0.459 e. The zero-order chi connectivity index (χ0) is 20.6. The number of amides is 3. The summed E-state index contributed by atoms with van der Waals surface area (Å²) in [5, 5.41) is 12.2. The lowest BCUT2D eigenvalue weighted by atomic mass is 10.1. The first-order valence-electron chi connectivity index (χ1n) is 9.82. The molecule has 2 saturated heterocycles. The van der Waals surface area contributed by atoms with Gasteiger partial charge < -0.3 is 29.7 Å². The molecule has 158 valence electrons. The van der Waals surface area contributed by atoms with E-state index in [9.17, 15) is 19.5 Å². The minimum atomic E-state index is -1.10. The Morgan fingerprint density at radius 1 is 1.14 bits per heavy atom. The third kappa shape index (κ3) is 6.16. The van der Waals surface area contributed by atoms with Gasteiger partial charge in [-0.3, -0.25) is 4.79 Å². The van der Waals surface area contributed by atoms with Crippen molar-refractivity contribution in [1.82, 2.24) is 15.1 Å². The van der Waals surface area contributed by atoms with Gasteiger partial charge in [-0.2, -0.15) is 0 Å². The van der Waals surface area contributed by atoms with Gasteiger partial charge in [0.15, 0.2) is 0 Å². The van der Waals surface area contributed by atoms with Crippen LogP contribution in [-0.2, 0) is 25.7 Å². The SMILES string of the molecule is O=C(OCc1ccccc1)[C@@H](CC(=O)N1CCOCC1)NC(=O)N1CC[C@@H](O)C1. The summed E-state index contributed by atoms with van der Waals surface area (Å²) in [6.45, 7) is 2.47. The summed E-state index contributed by atoms with van der Waals surface area (Å²) in [6.07, 6.45) is -0.266. The fraction of sp³-hybridized carbons (Fsp3) is 0.550. The van der Waals surface area contributed by atoms with Crippen LogP contribution in [0.2, 0.25) is 0 Å². The van der Waals surface area contributed by atoms with E-state index in [1.165, 1.54) is 4.90 Å². The Labute approximate surface area is 169 Å². The lowest BCUT2D eigenvalue weighted by molar-refractivity contribution is -0.150. The van der Waals surface area contributed by atoms with Crippen molar-refractivity contribution < 1.29 is 29.0 Å². The number of urea groups is 1. The summed E-state index contributed by atoms with van der Waals surface area (Å²) in [6, 6.07) is 7.60. The number of nitrogens with zero attached hydrogens (tertiary/aromatic N) is 2. The third-order valence-corrected chi connectivity index (χ3v) is 5.00. The van der Waals surface area contributed by atoms with Gasteiger partial charge in [-0.25, -0.2) is 9.59 Å². The standard InChI is InChI=1S/C20H27N3O6/c24-16-6-7-23(13-16)20(27)21-17(12-18(25)22-8-10-28-11-9-22)19(26)29-14-15-4-2-1-3-5-15/h1-5,16-17,24H,6-14H2,(H,21,27)/t16-,17-/m1/s1. The van der Waals surface area contributed by atoms with Gasteiger partial charge in [0, 0.05) is 26.2 Å². The molecular formula is C20H27N3O6. The molecule has 2 aliphatic rings. The van der Waals surface area contributed by atoms with Crippen LogP contribution in [-0.4, -0.2) is 84.4 Å². The maximum absolute atomic E-state index is 12.6. The first-order chi connectivity index (χ1) is 14.0. The molecule has 2 N–H and O–H groups in total. The summed E-state index contributed by atoms with van der Waals surface area (Å²) in [5.41, 5.74) is 0.813. The van der Waals surface area contributed by atoms with Crippen LogP contribution in [0.25, 0.3) is 0 Å². The van der Waals surface area contributed by atoms with Crippen molar-refractivity contribution in [3.63, 3.8) is 0 Å². The Balaban J connectivity index is 1.61. The molecule has 1 aromatic carbocycles. The largest absolute Gasteiger partial charge is 0.459 e. The first kappa shape index (κ1) is 21.1. The molecule has 3 rings (SSSR count). The van der Waals surface area contributed by atoms with E-state index in [1.54, 1.807) is 4.90 Å². The van der Waals surface area contributed by atoms with E-state index in [0.29, 0.717) is 39.3 Å². The summed E-state index contributed by atoms with van der Waals surface area (Å²) in [5.74, 6) is -0.903. The van der Waals surface area contributed by atoms with Gasteiger partial charge in [-0.05, 0) is 12.0 Å². The third-order valence-electron chi connectivity index (χ3n) is 5.00. The summed E-state index contributed by atoms with van der Waals surface area (Å²) < 4.78 is 10.6. The Bertz CT molecular complexity index is 689. The number of esters is 1. The lowest BCUT2D eigenvalue weighted by Gasteiger charge is -2.29. The van der Waals surface area contributed by atoms with E-state index in [2.05, 4.69) is 5.32 Å². The molecule has 2 aliphatic heterocycles. The zero-order valence-corrected chi connectivity index (χ0v) is 16.3. The van der Waals surface area contributed by atoms with Gasteiger partial charge in [0.2, 0.25) is 5.91 Å². The quantitative estimate of drug-likeness (QED) is 0.651. The molecule has 0 aromatic heterocycles. The number of hydrogen-bond acceptors (Lipinski definition) is 6. The maximum atomic E-state index is 12.6. The van der Waals surface area contributed by atoms with E-state index in [-0.39, 0.29) is 25.5 Å². The van der Waals surface area contributed by atoms with Crippen LogP contribution in [0.3, 0.4) is 0 Å². The molecule has 0 radical (unpaired) electrons. The van der Waals surface area contributed by atoms with Crippen molar-refractivity contribution in [2.24, 2.45) is 0 Å². The molecule has 2 atom stereocenters. The van der Waals surface area contributed by atoms with Gasteiger partial charge in [0.25, 0.3) is 0 Å². The highest BCUT2D eigenvalue weighted by molar-refractivity contribution is 5.89. The molecule has 0 aliphatic carbocycles. The van der Waals surface area contributed by atoms with Crippen molar-refractivity contribution in [1.29, 1.82) is 0 Å². The fourth-order valence-electron chi connectivity index (χ4n) is 3.31. The molecule has 0 spiro atoms. The van der Waals surface area contributed by atoms with E-state index in [0.717, 1.165) is 5.56 Å². The number of benzene rings is 1. The number of nitrogens with one attached hydrogen (secondary N) is 1. The van der Waals surface area contributed by atoms with Crippen molar-refractivity contribution >= 4 is 17.9 Å². The highest BCUT2D eigenvalue weighted by Crippen LogP contribution is 2.11. The number of aliphatic hydroxyl groups excluding tert-OH is 1. The van der Waals surface area contributed by atoms with Crippen molar-refractivity contribution in [2.75, 3.05) is 39.4 Å². The number of hydrogen-bond donors (Lipinski definition) is 2. The predicted octanol–water partition coefficient (Wildman–Crippen LogP) is 0.124. The van der Waals surface area contributed by atoms with Crippen LogP contribution in [0, 0.1) is 0 Å². The Morgan fingerprint density at radius 2 is 1.86 bits per heavy atom. The average Bonchev–Trinajstić information content (AvgIpc) is 3.19. The second kappa shape index (κ2) is 10.2. The normalized spacial score (nSPS) is 20.2. The maximum Gasteiger partial charge on any atom is 0.329 e. The molecule has 1 aromatic rings. The van der Waals surface area contributed by atoms with Gasteiger partial charge in [-0.1, -0.05) is 30.3 Å². The Morgan fingerprint density at radius 3 is 2.52 bits per heavy atom. The number of ether oxygens (including phenoxy) is 2. The number of rotatable bonds is 6. The number of β-amino-alcohol motifs (C(OH)–C–C–N with tert-alkyl or cyclic N) is 1. The molecule has 2 fully saturated rings. The topological polar surface area (TPSA) is 108 Å². The molecular weight excluding hydrogens is 378 g/mol. The molecule has 2 heterocycles. The van der Waals surface area contributed by atoms with Crippen LogP contribution in [0.5, 0.6) is 0 Å². The van der Waals surface area contributed by atoms with E-state index < -0.39 is 24.1 Å². The highest BCUT2D eigenvalue weighted by atomic mass is 16.5. The van der Waals surface area contributed by atoms with Gasteiger partial charge in [-0.15, -0.1) is 0 Å². The van der Waals surface area contributed by atoms with Gasteiger partial charge in [0.05, 0.1) is 25.7 Å². The van der Waals surface area contributed by atoms with Crippen molar-refractivity contribution in [3.8, 4) is 0 Å². The van der Waals surface area contributed by atoms with Crippen LogP contribution >= 0.6 is 0 Å².